The van der Waals surface area contributed by atoms with Gasteiger partial charge >= 0.3 is 6.18 Å². The zero-order chi connectivity index (χ0) is 25.8. The summed E-state index contributed by atoms with van der Waals surface area (Å²) in [5.41, 5.74) is -1.00. The van der Waals surface area contributed by atoms with Crippen molar-refractivity contribution in [2.24, 2.45) is 0 Å². The van der Waals surface area contributed by atoms with Crippen LogP contribution in [0.2, 0.25) is 0 Å². The van der Waals surface area contributed by atoms with Gasteiger partial charge in [-0.2, -0.15) is 13.2 Å². The molecule has 4 rings (SSSR count). The zero-order valence-corrected chi connectivity index (χ0v) is 20.7. The van der Waals surface area contributed by atoms with Crippen LogP contribution in [0.3, 0.4) is 0 Å². The number of hydrogen-bond acceptors (Lipinski definition) is 3. The van der Waals surface area contributed by atoms with Gasteiger partial charge in [0.2, 0.25) is 10.0 Å². The number of ether oxygens (including phenoxy) is 1. The number of alkyl halides is 3. The van der Waals surface area contributed by atoms with Gasteiger partial charge in [-0.25, -0.2) is 17.5 Å². The van der Waals surface area contributed by atoms with Crippen LogP contribution in [-0.2, 0) is 27.5 Å². The molecular weight excluding hydrogens is 484 g/mol. The molecule has 35 heavy (non-hydrogen) atoms. The molecule has 1 heterocycles. The normalized spacial score (nSPS) is 16.1. The fourth-order valence-corrected chi connectivity index (χ4v) is 5.81. The summed E-state index contributed by atoms with van der Waals surface area (Å²) < 4.78 is 91.3. The third kappa shape index (κ3) is 5.24. The van der Waals surface area contributed by atoms with Crippen molar-refractivity contribution in [3.05, 3.63) is 59.5 Å². The molecule has 1 aromatic heterocycles. The fraction of sp³-hybridized carbons (Fsp3) is 0.440. The second-order valence-corrected chi connectivity index (χ2v) is 11.6. The Kier molecular flexibility index (Phi) is 6.53. The number of hydrogen-bond donors (Lipinski definition) is 1. The molecule has 0 bridgehead atoms. The number of nitrogens with zero attached hydrogens (tertiary/aromatic N) is 1. The highest BCUT2D eigenvalue weighted by Crippen LogP contribution is 2.40. The van der Waals surface area contributed by atoms with Crippen LogP contribution < -0.4 is 4.72 Å². The molecular formula is C25H28F4N2O3S. The lowest BCUT2D eigenvalue weighted by Crippen LogP contribution is -2.30. The van der Waals surface area contributed by atoms with Gasteiger partial charge < -0.3 is 9.30 Å². The van der Waals surface area contributed by atoms with E-state index in [1.165, 1.54) is 30.3 Å². The third-order valence-electron chi connectivity index (χ3n) is 6.40. The number of sulfonamides is 1. The van der Waals surface area contributed by atoms with Crippen LogP contribution in [0.15, 0.2) is 42.6 Å². The van der Waals surface area contributed by atoms with Gasteiger partial charge in [0.15, 0.2) is 0 Å². The average molecular weight is 513 g/mol. The van der Waals surface area contributed by atoms with Gasteiger partial charge in [0, 0.05) is 35.8 Å². The first-order chi connectivity index (χ1) is 16.2. The van der Waals surface area contributed by atoms with Crippen LogP contribution in [0, 0.1) is 5.82 Å². The van der Waals surface area contributed by atoms with Gasteiger partial charge in [0.05, 0.1) is 23.0 Å². The van der Waals surface area contributed by atoms with Crippen LogP contribution in [0.25, 0.3) is 22.0 Å². The molecule has 1 aliphatic rings. The Morgan fingerprint density at radius 3 is 2.40 bits per heavy atom. The Morgan fingerprint density at radius 2 is 1.80 bits per heavy atom. The van der Waals surface area contributed by atoms with Gasteiger partial charge in [-0.3, -0.25) is 0 Å². The highest BCUT2D eigenvalue weighted by atomic mass is 32.2. The molecule has 5 nitrogen and oxygen atoms in total. The summed E-state index contributed by atoms with van der Waals surface area (Å²) in [4.78, 5) is 0. The lowest BCUT2D eigenvalue weighted by Gasteiger charge is -2.24. The predicted octanol–water partition coefficient (Wildman–Crippen LogP) is 6.03. The van der Waals surface area contributed by atoms with E-state index < -0.39 is 44.5 Å². The van der Waals surface area contributed by atoms with Crippen LogP contribution in [0.5, 0.6) is 0 Å². The third-order valence-corrected chi connectivity index (χ3v) is 8.43. The van der Waals surface area contributed by atoms with Crippen LogP contribution in [-0.4, -0.2) is 30.9 Å². The number of fused-ring (bicyclic) bond motifs is 1. The molecule has 0 spiro atoms. The Labute approximate surface area is 202 Å². The summed E-state index contributed by atoms with van der Waals surface area (Å²) in [5, 5.41) is 0.00146. The number of methoxy groups -OCH3 is 1. The van der Waals surface area contributed by atoms with E-state index >= 15 is 4.39 Å². The summed E-state index contributed by atoms with van der Waals surface area (Å²) in [6, 6.07) is 6.78. The summed E-state index contributed by atoms with van der Waals surface area (Å²) in [6.45, 7) is 5.68. The van der Waals surface area contributed by atoms with Crippen molar-refractivity contribution in [3.63, 3.8) is 0 Å². The van der Waals surface area contributed by atoms with Crippen molar-refractivity contribution in [1.29, 1.82) is 0 Å². The first-order valence-corrected chi connectivity index (χ1v) is 12.8. The molecule has 10 heteroatoms. The molecule has 1 aliphatic carbocycles. The zero-order valence-electron chi connectivity index (χ0n) is 19.9. The average Bonchev–Trinajstić information content (AvgIpc) is 3.57. The van der Waals surface area contributed by atoms with Crippen LogP contribution in [0.1, 0.15) is 50.8 Å². The van der Waals surface area contributed by atoms with E-state index in [9.17, 15) is 21.6 Å². The molecule has 0 aliphatic heterocycles. The second kappa shape index (κ2) is 8.90. The molecule has 3 aromatic rings. The highest BCUT2D eigenvalue weighted by molar-refractivity contribution is 7.90. The molecule has 1 fully saturated rings. The van der Waals surface area contributed by atoms with Crippen LogP contribution in [0.4, 0.5) is 17.6 Å². The number of aromatic nitrogens is 1. The van der Waals surface area contributed by atoms with Gasteiger partial charge in [-0.15, -0.1) is 0 Å². The summed E-state index contributed by atoms with van der Waals surface area (Å²) in [5.74, 6) is -0.823. The summed E-state index contributed by atoms with van der Waals surface area (Å²) in [6.07, 6.45) is -1.74. The topological polar surface area (TPSA) is 60.3 Å². The highest BCUT2D eigenvalue weighted by Gasteiger charge is 2.37. The summed E-state index contributed by atoms with van der Waals surface area (Å²) in [7, 11) is -1.97. The van der Waals surface area contributed by atoms with Crippen molar-refractivity contribution in [1.82, 2.24) is 9.29 Å². The number of rotatable bonds is 8. The lowest BCUT2D eigenvalue weighted by molar-refractivity contribution is -0.137. The molecule has 0 radical (unpaired) electrons. The quantitative estimate of drug-likeness (QED) is 0.375. The molecule has 0 amide bonds. The van der Waals surface area contributed by atoms with E-state index in [0.29, 0.717) is 35.9 Å². The van der Waals surface area contributed by atoms with Gasteiger partial charge in [0.25, 0.3) is 0 Å². The first kappa shape index (κ1) is 25.7. The van der Waals surface area contributed by atoms with Crippen molar-refractivity contribution < 1.29 is 30.7 Å². The molecule has 0 saturated heterocycles. The number of benzene rings is 2. The Balaban J connectivity index is 1.89. The van der Waals surface area contributed by atoms with Crippen LogP contribution >= 0.6 is 0 Å². The minimum Gasteiger partial charge on any atom is -0.377 e. The van der Waals surface area contributed by atoms with E-state index in [2.05, 4.69) is 4.72 Å². The van der Waals surface area contributed by atoms with E-state index in [-0.39, 0.29) is 11.1 Å². The molecule has 190 valence electrons. The maximum Gasteiger partial charge on any atom is 0.417 e. The van der Waals surface area contributed by atoms with Crippen molar-refractivity contribution in [3.8, 4) is 11.1 Å². The van der Waals surface area contributed by atoms with E-state index in [1.54, 1.807) is 24.8 Å². The minimum absolute atomic E-state index is 0.183. The van der Waals surface area contributed by atoms with E-state index in [4.69, 9.17) is 4.74 Å². The second-order valence-electron chi connectivity index (χ2n) is 9.65. The Hall–Kier alpha value is -2.43. The molecule has 1 atom stereocenters. The Bertz CT molecular complexity index is 1360. The smallest absolute Gasteiger partial charge is 0.377 e. The molecule has 1 N–H and O–H groups in total. The van der Waals surface area contributed by atoms with Gasteiger partial charge in [-0.05, 0) is 62.9 Å². The standard InChI is InChI=1S/C25H28F4N2O3S/c1-15(30-35(32,33)16-9-10-16)20-13-31(14-24(2,3)34-4)23-12-18(22(26)11-19(20)23)17-7-5-6-8-21(17)25(27,28)29/h5-8,11-13,15-16,30H,9-10,14H2,1-4H3/t15-/m1/s1. The number of halogens is 4. The van der Waals surface area contributed by atoms with Crippen molar-refractivity contribution in [2.45, 2.75) is 63.2 Å². The monoisotopic (exact) mass is 512 g/mol. The largest absolute Gasteiger partial charge is 0.417 e. The van der Waals surface area contributed by atoms with Crippen molar-refractivity contribution in [2.75, 3.05) is 7.11 Å². The number of nitrogens with one attached hydrogen (secondary N) is 1. The molecule has 2 aromatic carbocycles. The van der Waals surface area contributed by atoms with E-state index in [0.717, 1.165) is 6.07 Å². The Morgan fingerprint density at radius 1 is 1.14 bits per heavy atom. The van der Waals surface area contributed by atoms with Gasteiger partial charge in [0.1, 0.15) is 5.82 Å². The maximum atomic E-state index is 15.4. The minimum atomic E-state index is -4.65. The molecule has 1 saturated carbocycles. The fourth-order valence-electron chi connectivity index (χ4n) is 4.24. The lowest BCUT2D eigenvalue weighted by atomic mass is 9.96. The molecule has 0 unspecified atom stereocenters. The maximum absolute atomic E-state index is 15.4. The van der Waals surface area contributed by atoms with E-state index in [1.807, 2.05) is 13.8 Å². The summed E-state index contributed by atoms with van der Waals surface area (Å²) >= 11 is 0. The van der Waals surface area contributed by atoms with Crippen molar-refractivity contribution >= 4 is 20.9 Å². The SMILES string of the molecule is COC(C)(C)Cn1cc([C@@H](C)NS(=O)(=O)C2CC2)c2cc(F)c(-c3ccccc3C(F)(F)F)cc21. The predicted molar refractivity (Wildman–Crippen MR) is 127 cm³/mol. The van der Waals surface area contributed by atoms with Gasteiger partial charge in [-0.1, -0.05) is 18.2 Å². The first-order valence-electron chi connectivity index (χ1n) is 11.3.